The quantitative estimate of drug-likeness (QED) is 0.681. The second-order valence-electron chi connectivity index (χ2n) is 7.19. The van der Waals surface area contributed by atoms with Gasteiger partial charge in [0.1, 0.15) is 23.7 Å². The number of benzene rings is 1. The van der Waals surface area contributed by atoms with Crippen molar-refractivity contribution < 1.29 is 4.74 Å². The molecule has 0 atom stereocenters. The molecule has 0 saturated carbocycles. The topological polar surface area (TPSA) is 54.4 Å². The van der Waals surface area contributed by atoms with Crippen molar-refractivity contribution in [2.75, 3.05) is 30.5 Å². The molecule has 6 heteroatoms. The number of ether oxygens (including phenoxy) is 1. The highest BCUT2D eigenvalue weighted by Gasteiger charge is 2.23. The van der Waals surface area contributed by atoms with Gasteiger partial charge in [-0.05, 0) is 36.2 Å². The second-order valence-corrected chi connectivity index (χ2v) is 7.19. The van der Waals surface area contributed by atoms with E-state index in [1.165, 1.54) is 16.7 Å². The first-order valence-corrected chi connectivity index (χ1v) is 9.48. The molecule has 3 aromatic rings. The third-order valence-electron chi connectivity index (χ3n) is 5.14. The maximum absolute atomic E-state index is 5.25. The molecule has 0 saturated heterocycles. The number of methoxy groups -OCH3 is 1. The zero-order chi connectivity index (χ0) is 19.5. The van der Waals surface area contributed by atoms with Gasteiger partial charge in [0, 0.05) is 44.9 Å². The van der Waals surface area contributed by atoms with Crippen molar-refractivity contribution in [1.82, 2.24) is 15.0 Å². The van der Waals surface area contributed by atoms with Crippen molar-refractivity contribution in [2.45, 2.75) is 26.4 Å². The molecule has 4 rings (SSSR count). The molecule has 0 fully saturated rings. The molecule has 1 aromatic carbocycles. The zero-order valence-corrected chi connectivity index (χ0v) is 16.6. The van der Waals surface area contributed by atoms with Crippen molar-refractivity contribution in [2.24, 2.45) is 0 Å². The molecule has 0 aliphatic carbocycles. The van der Waals surface area contributed by atoms with Crippen molar-refractivity contribution in [1.29, 1.82) is 0 Å². The lowest BCUT2D eigenvalue weighted by atomic mass is 10.1. The van der Waals surface area contributed by atoms with E-state index in [1.807, 2.05) is 18.3 Å². The van der Waals surface area contributed by atoms with Crippen LogP contribution in [0.15, 0.2) is 48.9 Å². The fraction of sp³-hybridized carbons (Fsp3) is 0.318. The summed E-state index contributed by atoms with van der Waals surface area (Å²) in [7, 11) is 3.76. The van der Waals surface area contributed by atoms with Crippen LogP contribution in [0, 0.1) is 6.92 Å². The second kappa shape index (κ2) is 7.84. The molecule has 0 N–H and O–H groups in total. The Morgan fingerprint density at radius 2 is 1.89 bits per heavy atom. The Hall–Kier alpha value is -3.15. The van der Waals surface area contributed by atoms with Gasteiger partial charge in [0.25, 0.3) is 0 Å². The van der Waals surface area contributed by atoms with Crippen LogP contribution in [0.5, 0.6) is 5.75 Å². The Kier molecular flexibility index (Phi) is 5.10. The van der Waals surface area contributed by atoms with Crippen LogP contribution in [0.2, 0.25) is 0 Å². The van der Waals surface area contributed by atoms with E-state index in [0.29, 0.717) is 0 Å². The molecule has 3 heterocycles. The van der Waals surface area contributed by atoms with E-state index in [2.05, 4.69) is 63.0 Å². The first-order chi connectivity index (χ1) is 13.6. The van der Waals surface area contributed by atoms with Crippen molar-refractivity contribution in [3.63, 3.8) is 0 Å². The maximum Gasteiger partial charge on any atom is 0.137 e. The normalized spacial score (nSPS) is 13.2. The van der Waals surface area contributed by atoms with Gasteiger partial charge in [-0.1, -0.05) is 18.2 Å². The highest BCUT2D eigenvalue weighted by molar-refractivity contribution is 5.53. The zero-order valence-electron chi connectivity index (χ0n) is 16.6. The SMILES string of the molecule is COc1ccc(CN(C)c2ncnc3c2CN(c2ccc(C)cn2)CC3)cc1. The number of hydrogen-bond acceptors (Lipinski definition) is 6. The van der Waals surface area contributed by atoms with Crippen LogP contribution >= 0.6 is 0 Å². The van der Waals surface area contributed by atoms with Gasteiger partial charge < -0.3 is 14.5 Å². The standard InChI is InChI=1S/C22H25N5O/c1-16-4-9-21(23-12-16)27-11-10-20-19(14-27)22(25-15-24-20)26(2)13-17-5-7-18(28-3)8-6-17/h4-9,12,15H,10-11,13-14H2,1-3H3. The van der Waals surface area contributed by atoms with E-state index in [4.69, 9.17) is 4.74 Å². The van der Waals surface area contributed by atoms with Crippen LogP contribution in [-0.2, 0) is 19.5 Å². The Balaban J connectivity index is 1.56. The molecule has 6 nitrogen and oxygen atoms in total. The minimum atomic E-state index is 0.772. The number of aromatic nitrogens is 3. The molecule has 0 radical (unpaired) electrons. The van der Waals surface area contributed by atoms with Gasteiger partial charge in [0.2, 0.25) is 0 Å². The lowest BCUT2D eigenvalue weighted by molar-refractivity contribution is 0.414. The summed E-state index contributed by atoms with van der Waals surface area (Å²) in [4.78, 5) is 18.2. The first kappa shape index (κ1) is 18.2. The van der Waals surface area contributed by atoms with Gasteiger partial charge in [-0.15, -0.1) is 0 Å². The Bertz CT molecular complexity index is 940. The van der Waals surface area contributed by atoms with Crippen molar-refractivity contribution in [3.8, 4) is 5.75 Å². The Morgan fingerprint density at radius 1 is 1.07 bits per heavy atom. The van der Waals surface area contributed by atoms with Crippen LogP contribution in [0.3, 0.4) is 0 Å². The highest BCUT2D eigenvalue weighted by Crippen LogP contribution is 2.28. The molecule has 0 bridgehead atoms. The fourth-order valence-corrected chi connectivity index (χ4v) is 3.58. The average Bonchev–Trinajstić information content (AvgIpc) is 2.74. The molecule has 28 heavy (non-hydrogen) atoms. The molecule has 144 valence electrons. The molecule has 0 spiro atoms. The lowest BCUT2D eigenvalue weighted by Crippen LogP contribution is -2.33. The molecule has 0 unspecified atom stereocenters. The maximum atomic E-state index is 5.25. The lowest BCUT2D eigenvalue weighted by Gasteiger charge is -2.32. The molecule has 1 aliphatic heterocycles. The predicted molar refractivity (Wildman–Crippen MR) is 111 cm³/mol. The van der Waals surface area contributed by atoms with Crippen molar-refractivity contribution >= 4 is 11.6 Å². The third-order valence-corrected chi connectivity index (χ3v) is 5.14. The number of aryl methyl sites for hydroxylation is 1. The molecule has 1 aliphatic rings. The van der Waals surface area contributed by atoms with E-state index < -0.39 is 0 Å². The van der Waals surface area contributed by atoms with E-state index >= 15 is 0 Å². The summed E-state index contributed by atoms with van der Waals surface area (Å²) < 4.78 is 5.25. The molecule has 0 amide bonds. The summed E-state index contributed by atoms with van der Waals surface area (Å²) in [5.74, 6) is 2.86. The summed E-state index contributed by atoms with van der Waals surface area (Å²) in [6, 6.07) is 12.4. The smallest absolute Gasteiger partial charge is 0.137 e. The number of hydrogen-bond donors (Lipinski definition) is 0. The van der Waals surface area contributed by atoms with Gasteiger partial charge in [0.05, 0.1) is 12.8 Å². The van der Waals surface area contributed by atoms with Gasteiger partial charge >= 0.3 is 0 Å². The number of rotatable bonds is 5. The van der Waals surface area contributed by atoms with Gasteiger partial charge in [-0.25, -0.2) is 15.0 Å². The first-order valence-electron chi connectivity index (χ1n) is 9.48. The minimum Gasteiger partial charge on any atom is -0.497 e. The molecular formula is C22H25N5O. The predicted octanol–water partition coefficient (Wildman–Crippen LogP) is 3.39. The summed E-state index contributed by atoms with van der Waals surface area (Å²) in [5, 5.41) is 0. The van der Waals surface area contributed by atoms with E-state index in [1.54, 1.807) is 13.4 Å². The van der Waals surface area contributed by atoms with Gasteiger partial charge in [-0.3, -0.25) is 0 Å². The molecular weight excluding hydrogens is 350 g/mol. The van der Waals surface area contributed by atoms with Crippen LogP contribution in [0.25, 0.3) is 0 Å². The fourth-order valence-electron chi connectivity index (χ4n) is 3.58. The minimum absolute atomic E-state index is 0.772. The number of pyridine rings is 1. The monoisotopic (exact) mass is 375 g/mol. The third kappa shape index (κ3) is 3.76. The summed E-state index contributed by atoms with van der Waals surface area (Å²) in [6.45, 7) is 4.52. The number of nitrogens with zero attached hydrogens (tertiary/aromatic N) is 5. The Labute approximate surface area is 165 Å². The largest absolute Gasteiger partial charge is 0.497 e. The summed E-state index contributed by atoms with van der Waals surface area (Å²) >= 11 is 0. The van der Waals surface area contributed by atoms with E-state index in [0.717, 1.165) is 49.1 Å². The summed E-state index contributed by atoms with van der Waals surface area (Å²) in [5.41, 5.74) is 4.70. The highest BCUT2D eigenvalue weighted by atomic mass is 16.5. The molecule has 2 aromatic heterocycles. The van der Waals surface area contributed by atoms with E-state index in [-0.39, 0.29) is 0 Å². The van der Waals surface area contributed by atoms with E-state index in [9.17, 15) is 0 Å². The summed E-state index contributed by atoms with van der Waals surface area (Å²) in [6.07, 6.45) is 4.50. The van der Waals surface area contributed by atoms with Crippen LogP contribution < -0.4 is 14.5 Å². The van der Waals surface area contributed by atoms with Crippen molar-refractivity contribution in [3.05, 3.63) is 71.3 Å². The number of fused-ring (bicyclic) bond motifs is 1. The van der Waals surface area contributed by atoms with Crippen LogP contribution in [-0.4, -0.2) is 35.7 Å². The average molecular weight is 375 g/mol. The number of anilines is 2. The van der Waals surface area contributed by atoms with Crippen LogP contribution in [0.4, 0.5) is 11.6 Å². The van der Waals surface area contributed by atoms with Gasteiger partial charge in [-0.2, -0.15) is 0 Å². The van der Waals surface area contributed by atoms with Gasteiger partial charge in [0.15, 0.2) is 0 Å². The van der Waals surface area contributed by atoms with Crippen LogP contribution in [0.1, 0.15) is 22.4 Å². The Morgan fingerprint density at radius 3 is 2.61 bits per heavy atom.